The summed E-state index contributed by atoms with van der Waals surface area (Å²) in [5.41, 5.74) is 3.10. The van der Waals surface area contributed by atoms with Crippen molar-refractivity contribution in [2.75, 3.05) is 11.9 Å². The fourth-order valence-corrected chi connectivity index (χ4v) is 4.44. The molecule has 8 heteroatoms. The molecule has 0 atom stereocenters. The molecule has 128 valence electrons. The minimum atomic E-state index is -0.389. The lowest BCUT2D eigenvalue weighted by Crippen LogP contribution is -2.07. The zero-order valence-electron chi connectivity index (χ0n) is 13.2. The number of halogens is 1. The van der Waals surface area contributed by atoms with Gasteiger partial charge in [0.25, 0.3) is 5.69 Å². The third-order valence-electron chi connectivity index (χ3n) is 4.24. The largest absolute Gasteiger partial charge is 0.370 e. The molecule has 1 aliphatic rings. The smallest absolute Gasteiger partial charge is 0.269 e. The van der Waals surface area contributed by atoms with E-state index in [4.69, 9.17) is 5.10 Å². The van der Waals surface area contributed by atoms with Crippen LogP contribution in [0, 0.1) is 10.1 Å². The molecule has 1 aliphatic heterocycles. The number of rotatable bonds is 3. The van der Waals surface area contributed by atoms with E-state index in [9.17, 15) is 10.1 Å². The monoisotopic (exact) mass is 418 g/mol. The van der Waals surface area contributed by atoms with E-state index in [0.29, 0.717) is 0 Å². The van der Waals surface area contributed by atoms with E-state index < -0.39 is 0 Å². The van der Waals surface area contributed by atoms with Crippen molar-refractivity contribution in [1.29, 1.82) is 0 Å². The van der Waals surface area contributed by atoms with E-state index in [2.05, 4.69) is 27.3 Å². The minimum Gasteiger partial charge on any atom is -0.370 e. The van der Waals surface area contributed by atoms with Crippen LogP contribution in [-0.2, 0) is 6.42 Å². The van der Waals surface area contributed by atoms with Gasteiger partial charge in [0.15, 0.2) is 0 Å². The Bertz CT molecular complexity index is 933. The maximum absolute atomic E-state index is 10.9. The highest BCUT2D eigenvalue weighted by molar-refractivity contribution is 9.11. The van der Waals surface area contributed by atoms with Crippen LogP contribution in [0.25, 0.3) is 16.3 Å². The number of hydrogen-bond donors (Lipinski definition) is 1. The normalized spacial score (nSPS) is 13.8. The van der Waals surface area contributed by atoms with E-state index in [1.54, 1.807) is 23.5 Å². The first kappa shape index (κ1) is 16.3. The van der Waals surface area contributed by atoms with Gasteiger partial charge in [-0.15, -0.1) is 11.3 Å². The van der Waals surface area contributed by atoms with Gasteiger partial charge in [0, 0.05) is 24.2 Å². The van der Waals surface area contributed by atoms with Crippen molar-refractivity contribution >= 4 is 38.8 Å². The van der Waals surface area contributed by atoms with Crippen LogP contribution in [0.1, 0.15) is 18.4 Å². The van der Waals surface area contributed by atoms with Crippen LogP contribution < -0.4 is 5.32 Å². The molecule has 0 spiro atoms. The second-order valence-corrected chi connectivity index (χ2v) is 8.31. The van der Waals surface area contributed by atoms with Crippen molar-refractivity contribution in [2.45, 2.75) is 19.3 Å². The van der Waals surface area contributed by atoms with Crippen LogP contribution in [0.5, 0.6) is 0 Å². The Hall–Kier alpha value is -2.19. The lowest BCUT2D eigenvalue weighted by Gasteiger charge is -2.09. The van der Waals surface area contributed by atoms with Gasteiger partial charge in [0.05, 0.1) is 19.3 Å². The molecular weight excluding hydrogens is 404 g/mol. The van der Waals surface area contributed by atoms with Crippen molar-refractivity contribution in [2.24, 2.45) is 0 Å². The molecule has 0 saturated carbocycles. The summed E-state index contributed by atoms with van der Waals surface area (Å²) in [7, 11) is 0. The van der Waals surface area contributed by atoms with Crippen molar-refractivity contribution < 1.29 is 4.92 Å². The number of nitrogens with zero attached hydrogens (tertiary/aromatic N) is 3. The molecule has 1 N–H and O–H groups in total. The highest BCUT2D eigenvalue weighted by Gasteiger charge is 2.22. The van der Waals surface area contributed by atoms with Gasteiger partial charge < -0.3 is 5.32 Å². The highest BCUT2D eigenvalue weighted by atomic mass is 79.9. The number of aromatic nitrogens is 2. The fraction of sp³-hybridized carbons (Fsp3) is 0.235. The summed E-state index contributed by atoms with van der Waals surface area (Å²) in [5.74, 6) is 0.992. The van der Waals surface area contributed by atoms with Crippen molar-refractivity contribution in [3.05, 3.63) is 55.9 Å². The molecule has 0 aliphatic carbocycles. The van der Waals surface area contributed by atoms with Crippen LogP contribution >= 0.6 is 27.3 Å². The van der Waals surface area contributed by atoms with Crippen LogP contribution in [0.4, 0.5) is 11.5 Å². The topological polar surface area (TPSA) is 73.0 Å². The Labute approximate surface area is 156 Å². The van der Waals surface area contributed by atoms with Crippen molar-refractivity contribution in [3.63, 3.8) is 0 Å². The summed E-state index contributed by atoms with van der Waals surface area (Å²) in [6.07, 6.45) is 3.20. The summed E-state index contributed by atoms with van der Waals surface area (Å²) in [6.45, 7) is 0.902. The molecule has 0 amide bonds. The first-order valence-corrected chi connectivity index (χ1v) is 9.61. The maximum Gasteiger partial charge on any atom is 0.269 e. The van der Waals surface area contributed by atoms with Gasteiger partial charge in [-0.1, -0.05) is 0 Å². The molecular formula is C17H15BrN4O2S. The van der Waals surface area contributed by atoms with Gasteiger partial charge in [-0.05, 0) is 59.5 Å². The van der Waals surface area contributed by atoms with Gasteiger partial charge in [-0.2, -0.15) is 5.10 Å². The Morgan fingerprint density at radius 1 is 1.20 bits per heavy atom. The summed E-state index contributed by atoms with van der Waals surface area (Å²) in [5, 5.41) is 19.2. The molecule has 0 fully saturated rings. The number of nitro groups is 1. The fourth-order valence-electron chi connectivity index (χ4n) is 3.04. The number of hydrogen-bond acceptors (Lipinski definition) is 5. The van der Waals surface area contributed by atoms with Crippen molar-refractivity contribution in [3.8, 4) is 16.3 Å². The van der Waals surface area contributed by atoms with Crippen LogP contribution in [0.3, 0.4) is 0 Å². The summed E-state index contributed by atoms with van der Waals surface area (Å²) >= 11 is 5.18. The number of thiophene rings is 1. The highest BCUT2D eigenvalue weighted by Crippen LogP contribution is 2.38. The van der Waals surface area contributed by atoms with E-state index in [0.717, 1.165) is 51.7 Å². The molecule has 3 heterocycles. The standard InChI is InChI=1S/C17H15BrN4O2S/c18-15-9-8-14(25-15)16-13-3-1-2-10-19-17(13)21(20-16)11-4-6-12(7-5-11)22(23)24/h4-9,19H,1-3,10H2. The molecule has 25 heavy (non-hydrogen) atoms. The van der Waals surface area contributed by atoms with Crippen LogP contribution in [0.2, 0.25) is 0 Å². The first-order chi connectivity index (χ1) is 12.1. The average Bonchev–Trinajstić information content (AvgIpc) is 3.10. The number of nitro benzene ring substituents is 1. The third-order valence-corrected chi connectivity index (χ3v) is 5.87. The summed E-state index contributed by atoms with van der Waals surface area (Å²) in [4.78, 5) is 11.6. The molecule has 0 saturated heterocycles. The van der Waals surface area contributed by atoms with Crippen LogP contribution in [-0.4, -0.2) is 21.2 Å². The first-order valence-electron chi connectivity index (χ1n) is 8.00. The SMILES string of the molecule is O=[N+]([O-])c1ccc(-n2nc(-c3ccc(Br)s3)c3c2NCCCC3)cc1. The Balaban J connectivity index is 1.84. The molecule has 0 unspecified atom stereocenters. The van der Waals surface area contributed by atoms with E-state index >= 15 is 0 Å². The molecule has 0 radical (unpaired) electrons. The zero-order chi connectivity index (χ0) is 17.4. The predicted molar refractivity (Wildman–Crippen MR) is 103 cm³/mol. The summed E-state index contributed by atoms with van der Waals surface area (Å²) < 4.78 is 2.94. The number of fused-ring (bicyclic) bond motifs is 1. The Kier molecular flexibility index (Phi) is 4.30. The molecule has 1 aromatic carbocycles. The number of anilines is 1. The molecule has 0 bridgehead atoms. The van der Waals surface area contributed by atoms with Crippen LogP contribution in [0.15, 0.2) is 40.2 Å². The number of benzene rings is 1. The second kappa shape index (κ2) is 6.61. The Morgan fingerprint density at radius 2 is 2.00 bits per heavy atom. The molecule has 3 aromatic rings. The predicted octanol–water partition coefficient (Wildman–Crippen LogP) is 5.02. The number of non-ortho nitro benzene ring substituents is 1. The molecule has 4 rings (SSSR count). The number of nitrogens with one attached hydrogen (secondary N) is 1. The average molecular weight is 419 g/mol. The minimum absolute atomic E-state index is 0.0809. The van der Waals surface area contributed by atoms with E-state index in [1.807, 2.05) is 10.7 Å². The van der Waals surface area contributed by atoms with Gasteiger partial charge >= 0.3 is 0 Å². The van der Waals surface area contributed by atoms with Crippen molar-refractivity contribution in [1.82, 2.24) is 9.78 Å². The Morgan fingerprint density at radius 3 is 2.68 bits per heavy atom. The lowest BCUT2D eigenvalue weighted by atomic mass is 10.1. The molecule has 6 nitrogen and oxygen atoms in total. The van der Waals surface area contributed by atoms with Gasteiger partial charge in [0.1, 0.15) is 11.5 Å². The van der Waals surface area contributed by atoms with E-state index in [-0.39, 0.29) is 10.6 Å². The second-order valence-electron chi connectivity index (χ2n) is 5.85. The van der Waals surface area contributed by atoms with Gasteiger partial charge in [0.2, 0.25) is 0 Å². The quantitative estimate of drug-likeness (QED) is 0.478. The molecule has 2 aromatic heterocycles. The van der Waals surface area contributed by atoms with Gasteiger partial charge in [-0.25, -0.2) is 4.68 Å². The maximum atomic E-state index is 10.9. The lowest BCUT2D eigenvalue weighted by molar-refractivity contribution is -0.384. The third kappa shape index (κ3) is 3.07. The zero-order valence-corrected chi connectivity index (χ0v) is 15.6. The summed E-state index contributed by atoms with van der Waals surface area (Å²) in [6, 6.07) is 10.6. The van der Waals surface area contributed by atoms with Gasteiger partial charge in [-0.3, -0.25) is 10.1 Å². The van der Waals surface area contributed by atoms with E-state index in [1.165, 1.54) is 17.7 Å².